The molecule has 1 atom stereocenters. The number of benzene rings is 1. The predicted octanol–water partition coefficient (Wildman–Crippen LogP) is 2.62. The van der Waals surface area contributed by atoms with Crippen LogP contribution in [-0.4, -0.2) is 22.8 Å². The van der Waals surface area contributed by atoms with Crippen molar-refractivity contribution in [3.8, 4) is 5.75 Å². The maximum absolute atomic E-state index is 10.3. The summed E-state index contributed by atoms with van der Waals surface area (Å²) in [5.41, 5.74) is 0.856. The summed E-state index contributed by atoms with van der Waals surface area (Å²) in [4.78, 5) is 10.3. The third-order valence-corrected chi connectivity index (χ3v) is 2.54. The second-order valence-corrected chi connectivity index (χ2v) is 4.71. The Morgan fingerprint density at radius 2 is 1.89 bits per heavy atom. The van der Waals surface area contributed by atoms with E-state index >= 15 is 0 Å². The molecule has 1 aromatic carbocycles. The molecule has 0 heterocycles. The van der Waals surface area contributed by atoms with Gasteiger partial charge in [0.25, 0.3) is 0 Å². The summed E-state index contributed by atoms with van der Waals surface area (Å²) in [6.45, 7) is 4.28. The molecule has 1 aromatic rings. The van der Waals surface area contributed by atoms with Crippen molar-refractivity contribution in [2.45, 2.75) is 32.8 Å². The molecule has 0 spiro atoms. The summed E-state index contributed by atoms with van der Waals surface area (Å²) in [7, 11) is 0. The molecule has 0 saturated heterocycles. The minimum Gasteiger partial charge on any atom is -0.493 e. The average Bonchev–Trinajstić information content (AvgIpc) is 2.28. The topological polar surface area (TPSA) is 66.8 Å². The Bertz CT molecular complexity index is 370. The van der Waals surface area contributed by atoms with Crippen molar-refractivity contribution in [2.24, 2.45) is 5.92 Å². The summed E-state index contributed by atoms with van der Waals surface area (Å²) in [5.74, 6) is 0.183. The van der Waals surface area contributed by atoms with Gasteiger partial charge in [-0.3, -0.25) is 4.79 Å². The first-order chi connectivity index (χ1) is 8.49. The van der Waals surface area contributed by atoms with Crippen LogP contribution in [0.3, 0.4) is 0 Å². The largest absolute Gasteiger partial charge is 0.493 e. The molecule has 0 fully saturated rings. The number of hydrogen-bond acceptors (Lipinski definition) is 3. The number of carboxylic acid groups (broad SMARTS) is 1. The van der Waals surface area contributed by atoms with Crippen LogP contribution in [0.4, 0.5) is 0 Å². The lowest BCUT2D eigenvalue weighted by atomic mass is 10.00. The van der Waals surface area contributed by atoms with Crippen LogP contribution in [0.25, 0.3) is 0 Å². The van der Waals surface area contributed by atoms with Gasteiger partial charge in [0.05, 0.1) is 19.1 Å². The molecular formula is C14H20O4. The average molecular weight is 252 g/mol. The van der Waals surface area contributed by atoms with Gasteiger partial charge in [0.15, 0.2) is 0 Å². The smallest absolute Gasteiger partial charge is 0.306 e. The fourth-order valence-electron chi connectivity index (χ4n) is 1.62. The van der Waals surface area contributed by atoms with E-state index in [4.69, 9.17) is 9.84 Å². The highest BCUT2D eigenvalue weighted by atomic mass is 16.5. The summed E-state index contributed by atoms with van der Waals surface area (Å²) in [6, 6.07) is 7.12. The first kappa shape index (κ1) is 14.5. The van der Waals surface area contributed by atoms with Gasteiger partial charge in [-0.1, -0.05) is 26.0 Å². The van der Waals surface area contributed by atoms with E-state index in [0.29, 0.717) is 11.7 Å². The second kappa shape index (κ2) is 7.01. The molecule has 1 unspecified atom stereocenters. The predicted molar refractivity (Wildman–Crippen MR) is 68.6 cm³/mol. The normalized spacial score (nSPS) is 12.4. The number of carbonyl (C=O) groups is 1. The van der Waals surface area contributed by atoms with Gasteiger partial charge in [0.1, 0.15) is 5.75 Å². The molecule has 0 aliphatic heterocycles. The number of ether oxygens (including phenoxy) is 1. The fraction of sp³-hybridized carbons (Fsp3) is 0.500. The standard InChI is InChI=1S/C14H20O4/c1-10(2)9-13(15)11-3-5-12(6-4-11)18-8-7-14(16)17/h3-6,10,13,15H,7-9H2,1-2H3,(H,16,17). The molecule has 0 aliphatic rings. The first-order valence-electron chi connectivity index (χ1n) is 6.11. The van der Waals surface area contributed by atoms with E-state index in [1.165, 1.54) is 0 Å². The SMILES string of the molecule is CC(C)CC(O)c1ccc(OCCC(=O)O)cc1. The molecule has 4 heteroatoms. The van der Waals surface area contributed by atoms with Gasteiger partial charge in [-0.2, -0.15) is 0 Å². The molecule has 1 rings (SSSR count). The van der Waals surface area contributed by atoms with Crippen LogP contribution in [0.2, 0.25) is 0 Å². The molecule has 100 valence electrons. The van der Waals surface area contributed by atoms with Crippen LogP contribution in [0.15, 0.2) is 24.3 Å². The molecule has 0 radical (unpaired) electrons. The van der Waals surface area contributed by atoms with E-state index in [9.17, 15) is 9.90 Å². The monoisotopic (exact) mass is 252 g/mol. The van der Waals surface area contributed by atoms with E-state index in [1.54, 1.807) is 12.1 Å². The second-order valence-electron chi connectivity index (χ2n) is 4.71. The van der Waals surface area contributed by atoms with E-state index in [1.807, 2.05) is 12.1 Å². The van der Waals surface area contributed by atoms with Crippen molar-refractivity contribution in [1.82, 2.24) is 0 Å². The van der Waals surface area contributed by atoms with Crippen LogP contribution < -0.4 is 4.74 Å². The highest BCUT2D eigenvalue weighted by Gasteiger charge is 2.09. The molecule has 0 saturated carbocycles. The van der Waals surface area contributed by atoms with Crippen molar-refractivity contribution in [1.29, 1.82) is 0 Å². The van der Waals surface area contributed by atoms with Crippen LogP contribution in [0, 0.1) is 5.92 Å². The Balaban J connectivity index is 2.49. The minimum atomic E-state index is -0.876. The number of aliphatic hydroxyl groups excluding tert-OH is 1. The highest BCUT2D eigenvalue weighted by Crippen LogP contribution is 2.23. The van der Waals surface area contributed by atoms with E-state index in [2.05, 4.69) is 13.8 Å². The van der Waals surface area contributed by atoms with Crippen LogP contribution in [0.5, 0.6) is 5.75 Å². The van der Waals surface area contributed by atoms with Crippen molar-refractivity contribution in [3.63, 3.8) is 0 Å². The quantitative estimate of drug-likeness (QED) is 0.782. The van der Waals surface area contributed by atoms with Gasteiger partial charge in [0.2, 0.25) is 0 Å². The molecular weight excluding hydrogens is 232 g/mol. The Morgan fingerprint density at radius 3 is 2.39 bits per heavy atom. The minimum absolute atomic E-state index is 0.0161. The highest BCUT2D eigenvalue weighted by molar-refractivity contribution is 5.66. The van der Waals surface area contributed by atoms with Gasteiger partial charge in [-0.15, -0.1) is 0 Å². The van der Waals surface area contributed by atoms with Crippen LogP contribution >= 0.6 is 0 Å². The van der Waals surface area contributed by atoms with E-state index < -0.39 is 12.1 Å². The Morgan fingerprint density at radius 1 is 1.28 bits per heavy atom. The van der Waals surface area contributed by atoms with Gasteiger partial charge in [0, 0.05) is 0 Å². The number of carboxylic acids is 1. The molecule has 4 nitrogen and oxygen atoms in total. The molecule has 2 N–H and O–H groups in total. The first-order valence-corrected chi connectivity index (χ1v) is 6.11. The third-order valence-electron chi connectivity index (χ3n) is 2.54. The van der Waals surface area contributed by atoms with Crippen molar-refractivity contribution in [2.75, 3.05) is 6.61 Å². The molecule has 0 amide bonds. The Labute approximate surface area is 107 Å². The Hall–Kier alpha value is -1.55. The number of aliphatic hydroxyl groups is 1. The Kier molecular flexibility index (Phi) is 5.65. The molecule has 0 aliphatic carbocycles. The maximum Gasteiger partial charge on any atom is 0.306 e. The van der Waals surface area contributed by atoms with Crippen LogP contribution in [-0.2, 0) is 4.79 Å². The fourth-order valence-corrected chi connectivity index (χ4v) is 1.62. The molecule has 0 bridgehead atoms. The van der Waals surface area contributed by atoms with Gasteiger partial charge >= 0.3 is 5.97 Å². The van der Waals surface area contributed by atoms with Crippen molar-refractivity contribution < 1.29 is 19.7 Å². The zero-order valence-electron chi connectivity index (χ0n) is 10.8. The zero-order valence-corrected chi connectivity index (χ0v) is 10.8. The summed E-state index contributed by atoms with van der Waals surface area (Å²) < 4.78 is 5.27. The van der Waals surface area contributed by atoms with Gasteiger partial charge in [-0.05, 0) is 30.0 Å². The lowest BCUT2D eigenvalue weighted by Gasteiger charge is -2.14. The van der Waals surface area contributed by atoms with Gasteiger partial charge in [-0.25, -0.2) is 0 Å². The number of hydrogen-bond donors (Lipinski definition) is 2. The van der Waals surface area contributed by atoms with Crippen molar-refractivity contribution in [3.05, 3.63) is 29.8 Å². The van der Waals surface area contributed by atoms with Crippen molar-refractivity contribution >= 4 is 5.97 Å². The van der Waals surface area contributed by atoms with E-state index in [-0.39, 0.29) is 13.0 Å². The molecule has 18 heavy (non-hydrogen) atoms. The maximum atomic E-state index is 10.3. The summed E-state index contributed by atoms with van der Waals surface area (Å²) in [5, 5.41) is 18.4. The molecule has 0 aromatic heterocycles. The summed E-state index contributed by atoms with van der Waals surface area (Å²) in [6.07, 6.45) is 0.245. The van der Waals surface area contributed by atoms with Gasteiger partial charge < -0.3 is 14.9 Å². The third kappa shape index (κ3) is 5.19. The lowest BCUT2D eigenvalue weighted by Crippen LogP contribution is -2.05. The number of rotatable bonds is 7. The van der Waals surface area contributed by atoms with Crippen LogP contribution in [0.1, 0.15) is 38.4 Å². The zero-order chi connectivity index (χ0) is 13.5. The number of aliphatic carboxylic acids is 1. The summed E-state index contributed by atoms with van der Waals surface area (Å²) >= 11 is 0. The lowest BCUT2D eigenvalue weighted by molar-refractivity contribution is -0.137. The van der Waals surface area contributed by atoms with E-state index in [0.717, 1.165) is 12.0 Å².